The quantitative estimate of drug-likeness (QED) is 0.547. The van der Waals surface area contributed by atoms with Crippen LogP contribution in [0.4, 0.5) is 0 Å². The van der Waals surface area contributed by atoms with Crippen molar-refractivity contribution in [2.24, 2.45) is 0 Å². The van der Waals surface area contributed by atoms with Crippen LogP contribution in [0.25, 0.3) is 0 Å². The highest BCUT2D eigenvalue weighted by atomic mass is 35.5. The van der Waals surface area contributed by atoms with Gasteiger partial charge in [-0.25, -0.2) is 0 Å². The second-order valence-electron chi connectivity index (χ2n) is 4.05. The van der Waals surface area contributed by atoms with Crippen LogP contribution in [0, 0.1) is 0 Å². The molecule has 0 bridgehead atoms. The fourth-order valence-corrected chi connectivity index (χ4v) is 5.01. The maximum Gasteiger partial charge on any atom is 0.597 e. The summed E-state index contributed by atoms with van der Waals surface area (Å²) < 4.78 is 17.2. The smallest absolute Gasteiger partial charge is 0.361 e. The second-order valence-corrected chi connectivity index (χ2v) is 6.88. The van der Waals surface area contributed by atoms with Crippen LogP contribution in [0.3, 0.4) is 0 Å². The lowest BCUT2D eigenvalue weighted by Crippen LogP contribution is -2.63. The second kappa shape index (κ2) is 7.71. The zero-order valence-electron chi connectivity index (χ0n) is 11.0. The number of hydrogen-bond donors (Lipinski definition) is 1. The molecule has 102 valence electrons. The molecule has 0 spiro atoms. The highest BCUT2D eigenvalue weighted by molar-refractivity contribution is 6.58. The predicted octanol–water partition coefficient (Wildman–Crippen LogP) is 2.28. The van der Waals surface area contributed by atoms with E-state index < -0.39 is 8.97 Å². The van der Waals surface area contributed by atoms with Crippen molar-refractivity contribution in [1.29, 1.82) is 0 Å². The molecular formula is C11H24ClNO3Si. The number of alkyl halides is 1. The van der Waals surface area contributed by atoms with E-state index >= 15 is 0 Å². The van der Waals surface area contributed by atoms with Crippen molar-refractivity contribution in [2.45, 2.75) is 51.5 Å². The first kappa shape index (κ1) is 15.4. The number of hydrogen-bond acceptors (Lipinski definition) is 4. The minimum atomic E-state index is -2.74. The molecule has 1 aliphatic carbocycles. The van der Waals surface area contributed by atoms with Gasteiger partial charge in [-0.1, -0.05) is 6.42 Å². The normalized spacial score (nSPS) is 25.4. The third kappa shape index (κ3) is 4.50. The van der Waals surface area contributed by atoms with Crippen LogP contribution in [0.5, 0.6) is 0 Å². The lowest BCUT2D eigenvalue weighted by molar-refractivity contribution is 0.0563. The molecule has 0 amide bonds. The van der Waals surface area contributed by atoms with Gasteiger partial charge in [-0.3, -0.25) is 4.98 Å². The minimum Gasteiger partial charge on any atom is -0.361 e. The molecule has 0 radical (unpaired) electrons. The van der Waals surface area contributed by atoms with Crippen LogP contribution in [0.1, 0.15) is 40.0 Å². The summed E-state index contributed by atoms with van der Waals surface area (Å²) in [6.45, 7) is 7.60. The Kier molecular flexibility index (Phi) is 6.99. The van der Waals surface area contributed by atoms with E-state index in [0.717, 1.165) is 19.3 Å². The third-order valence-electron chi connectivity index (χ3n) is 2.80. The monoisotopic (exact) mass is 281 g/mol. The zero-order valence-corrected chi connectivity index (χ0v) is 12.8. The van der Waals surface area contributed by atoms with E-state index in [0.29, 0.717) is 19.8 Å². The van der Waals surface area contributed by atoms with Crippen LogP contribution >= 0.6 is 11.6 Å². The molecule has 1 aliphatic rings. The summed E-state index contributed by atoms with van der Waals surface area (Å²) in [5.74, 6) is 0. The van der Waals surface area contributed by atoms with Gasteiger partial charge in [0.15, 0.2) is 0 Å². The van der Waals surface area contributed by atoms with Gasteiger partial charge in [-0.15, -0.1) is 11.6 Å². The van der Waals surface area contributed by atoms with E-state index in [2.05, 4.69) is 4.98 Å². The third-order valence-corrected chi connectivity index (χ3v) is 6.05. The number of nitrogens with one attached hydrogen (secondary N) is 1. The molecule has 1 saturated carbocycles. The molecule has 6 heteroatoms. The maximum absolute atomic E-state index is 6.28. The first-order valence-electron chi connectivity index (χ1n) is 6.51. The van der Waals surface area contributed by atoms with Gasteiger partial charge >= 0.3 is 8.97 Å². The Morgan fingerprint density at radius 1 is 1.06 bits per heavy atom. The topological polar surface area (TPSA) is 39.7 Å². The van der Waals surface area contributed by atoms with Gasteiger partial charge in [0.2, 0.25) is 0 Å². The van der Waals surface area contributed by atoms with Gasteiger partial charge in [0.1, 0.15) is 0 Å². The minimum absolute atomic E-state index is 0.156. The summed E-state index contributed by atoms with van der Waals surface area (Å²) in [6, 6.07) is 0.244. The van der Waals surface area contributed by atoms with Crippen LogP contribution in [0.15, 0.2) is 0 Å². The van der Waals surface area contributed by atoms with Gasteiger partial charge in [-0.2, -0.15) is 0 Å². The molecule has 0 aromatic heterocycles. The standard InChI is InChI=1S/C11H24ClNO3Si/c1-4-14-17(15-5-2,16-6-3)13-11-9-7-8-10(11)12/h10-11,13H,4-9H2,1-3H3. The molecule has 0 aromatic rings. The van der Waals surface area contributed by atoms with Crippen molar-refractivity contribution in [2.75, 3.05) is 19.8 Å². The summed E-state index contributed by atoms with van der Waals surface area (Å²) in [4.78, 5) is 3.42. The highest BCUT2D eigenvalue weighted by Gasteiger charge is 2.45. The van der Waals surface area contributed by atoms with Gasteiger partial charge in [0, 0.05) is 31.2 Å². The van der Waals surface area contributed by atoms with Crippen molar-refractivity contribution in [1.82, 2.24) is 4.98 Å². The molecular weight excluding hydrogens is 258 g/mol. The maximum atomic E-state index is 6.28. The van der Waals surface area contributed by atoms with Gasteiger partial charge in [0.05, 0.1) is 0 Å². The van der Waals surface area contributed by atoms with Gasteiger partial charge in [-0.05, 0) is 33.6 Å². The number of rotatable bonds is 8. The first-order chi connectivity index (χ1) is 8.17. The Labute approximate surface area is 110 Å². The van der Waals surface area contributed by atoms with E-state index in [-0.39, 0.29) is 11.4 Å². The van der Waals surface area contributed by atoms with Gasteiger partial charge < -0.3 is 13.3 Å². The molecule has 4 nitrogen and oxygen atoms in total. The van der Waals surface area contributed by atoms with E-state index in [1.165, 1.54) is 0 Å². The summed E-state index contributed by atoms with van der Waals surface area (Å²) in [5.41, 5.74) is 0. The fraction of sp³-hybridized carbons (Fsp3) is 1.00. The molecule has 17 heavy (non-hydrogen) atoms. The largest absolute Gasteiger partial charge is 0.597 e. The van der Waals surface area contributed by atoms with E-state index in [4.69, 9.17) is 24.9 Å². The Morgan fingerprint density at radius 3 is 1.94 bits per heavy atom. The zero-order chi connectivity index (χ0) is 12.7. The molecule has 1 rings (SSSR count). The molecule has 2 atom stereocenters. The lowest BCUT2D eigenvalue weighted by Gasteiger charge is -2.31. The number of halogens is 1. The Morgan fingerprint density at radius 2 is 1.59 bits per heavy atom. The molecule has 0 aliphatic heterocycles. The summed E-state index contributed by atoms with van der Waals surface area (Å²) in [5, 5.41) is 0.156. The molecule has 0 saturated heterocycles. The van der Waals surface area contributed by atoms with Crippen LogP contribution < -0.4 is 4.98 Å². The van der Waals surface area contributed by atoms with Crippen LogP contribution in [0.2, 0.25) is 0 Å². The summed E-state index contributed by atoms with van der Waals surface area (Å²) in [6.07, 6.45) is 3.27. The predicted molar refractivity (Wildman–Crippen MR) is 71.0 cm³/mol. The van der Waals surface area contributed by atoms with E-state index in [1.807, 2.05) is 20.8 Å². The van der Waals surface area contributed by atoms with Crippen molar-refractivity contribution in [3.63, 3.8) is 0 Å². The van der Waals surface area contributed by atoms with E-state index in [9.17, 15) is 0 Å². The van der Waals surface area contributed by atoms with Crippen LogP contribution in [-0.2, 0) is 13.3 Å². The first-order valence-corrected chi connectivity index (χ1v) is 8.67. The van der Waals surface area contributed by atoms with Crippen molar-refractivity contribution in [3.05, 3.63) is 0 Å². The molecule has 0 aromatic carbocycles. The Hall–Kier alpha value is 0.347. The van der Waals surface area contributed by atoms with E-state index in [1.54, 1.807) is 0 Å². The van der Waals surface area contributed by atoms with Crippen LogP contribution in [-0.4, -0.2) is 40.2 Å². The molecule has 2 unspecified atom stereocenters. The highest BCUT2D eigenvalue weighted by Crippen LogP contribution is 2.25. The van der Waals surface area contributed by atoms with Crippen molar-refractivity contribution < 1.29 is 13.3 Å². The van der Waals surface area contributed by atoms with Crippen molar-refractivity contribution in [3.8, 4) is 0 Å². The SMILES string of the molecule is CCO[Si](NC1CCCC1Cl)(OCC)OCC. The Bertz CT molecular complexity index is 204. The van der Waals surface area contributed by atoms with Gasteiger partial charge in [0.25, 0.3) is 0 Å². The Balaban J connectivity index is 2.65. The average molecular weight is 282 g/mol. The average Bonchev–Trinajstić information content (AvgIpc) is 2.65. The summed E-state index contributed by atoms with van der Waals surface area (Å²) in [7, 11) is -2.74. The summed E-state index contributed by atoms with van der Waals surface area (Å²) >= 11 is 6.28. The molecule has 1 fully saturated rings. The molecule has 1 N–H and O–H groups in total. The molecule has 0 heterocycles. The fourth-order valence-electron chi connectivity index (χ4n) is 2.12. The van der Waals surface area contributed by atoms with Crippen molar-refractivity contribution >= 4 is 20.6 Å². The lowest BCUT2D eigenvalue weighted by atomic mass is 10.3.